The number of benzene rings is 1. The van der Waals surface area contributed by atoms with Crippen LogP contribution in [0.1, 0.15) is 27.3 Å². The summed E-state index contributed by atoms with van der Waals surface area (Å²) in [6.07, 6.45) is 0. The number of esters is 1. The van der Waals surface area contributed by atoms with Gasteiger partial charge in [-0.2, -0.15) is 4.98 Å². The topological polar surface area (TPSA) is 77.2 Å². The molecule has 1 N–H and O–H groups in total. The molecule has 6 nitrogen and oxygen atoms in total. The summed E-state index contributed by atoms with van der Waals surface area (Å²) in [6, 6.07) is 7.99. The number of fused-ring (bicyclic) bond motifs is 1. The lowest BCUT2D eigenvalue weighted by atomic mass is 10.3. The fraction of sp³-hybridized carbons (Fsp3) is 0.267. The Labute approximate surface area is 131 Å². The van der Waals surface area contributed by atoms with Gasteiger partial charge in [-0.25, -0.2) is 9.78 Å². The highest BCUT2D eigenvalue weighted by Crippen LogP contribution is 2.22. The fourth-order valence-electron chi connectivity index (χ4n) is 2.01. The van der Waals surface area contributed by atoms with Crippen molar-refractivity contribution in [2.24, 2.45) is 0 Å². The molecule has 2 heterocycles. The van der Waals surface area contributed by atoms with Crippen molar-refractivity contribution in [3.63, 3.8) is 0 Å². The normalized spacial score (nSPS) is 10.8. The van der Waals surface area contributed by atoms with Gasteiger partial charge in [-0.3, -0.25) is 0 Å². The van der Waals surface area contributed by atoms with E-state index in [2.05, 4.69) is 15.3 Å². The van der Waals surface area contributed by atoms with E-state index in [1.54, 1.807) is 13.8 Å². The molecule has 0 amide bonds. The fourth-order valence-corrected chi connectivity index (χ4v) is 2.91. The summed E-state index contributed by atoms with van der Waals surface area (Å²) in [5.74, 6) is -0.328. The summed E-state index contributed by atoms with van der Waals surface area (Å²) in [4.78, 5) is 21.0. The third-order valence-electron chi connectivity index (χ3n) is 2.99. The number of para-hydroxylation sites is 2. The standard InChI is InChI=1S/C15H15N3O3S/c1-3-20-14(19)13-9(2)17-12(22-13)8-16-15-18-10-6-4-5-7-11(10)21-15/h4-7H,3,8H2,1-2H3,(H,16,18). The van der Waals surface area contributed by atoms with E-state index in [9.17, 15) is 4.79 Å². The second-order valence-electron chi connectivity index (χ2n) is 4.58. The summed E-state index contributed by atoms with van der Waals surface area (Å²) in [5.41, 5.74) is 2.21. The van der Waals surface area contributed by atoms with Crippen LogP contribution >= 0.6 is 11.3 Å². The van der Waals surface area contributed by atoms with Crippen LogP contribution in [0, 0.1) is 6.92 Å². The average Bonchev–Trinajstić information content (AvgIpc) is 3.08. The van der Waals surface area contributed by atoms with E-state index in [0.717, 1.165) is 16.1 Å². The first-order valence-corrected chi connectivity index (χ1v) is 7.72. The van der Waals surface area contributed by atoms with E-state index in [1.165, 1.54) is 11.3 Å². The van der Waals surface area contributed by atoms with Gasteiger partial charge < -0.3 is 14.5 Å². The summed E-state index contributed by atoms with van der Waals surface area (Å²) in [7, 11) is 0. The maximum atomic E-state index is 11.8. The Bertz CT molecular complexity index is 776. The van der Waals surface area contributed by atoms with Crippen molar-refractivity contribution in [1.82, 2.24) is 9.97 Å². The molecule has 0 atom stereocenters. The van der Waals surface area contributed by atoms with Gasteiger partial charge in [0.15, 0.2) is 5.58 Å². The average molecular weight is 317 g/mol. The van der Waals surface area contributed by atoms with Crippen LogP contribution < -0.4 is 5.32 Å². The Balaban J connectivity index is 1.71. The second-order valence-corrected chi connectivity index (χ2v) is 5.67. The van der Waals surface area contributed by atoms with Crippen LogP contribution in [0.25, 0.3) is 11.1 Å². The predicted molar refractivity (Wildman–Crippen MR) is 84.1 cm³/mol. The van der Waals surface area contributed by atoms with Crippen molar-refractivity contribution >= 4 is 34.4 Å². The predicted octanol–water partition coefficient (Wildman–Crippen LogP) is 3.38. The van der Waals surface area contributed by atoms with Crippen LogP contribution in [0.3, 0.4) is 0 Å². The zero-order valence-corrected chi connectivity index (χ0v) is 13.1. The van der Waals surface area contributed by atoms with Crippen LogP contribution in [0.5, 0.6) is 0 Å². The minimum absolute atomic E-state index is 0.328. The van der Waals surface area contributed by atoms with Gasteiger partial charge in [0.05, 0.1) is 18.8 Å². The highest BCUT2D eigenvalue weighted by molar-refractivity contribution is 7.13. The summed E-state index contributed by atoms with van der Waals surface area (Å²) >= 11 is 1.32. The van der Waals surface area contributed by atoms with Crippen LogP contribution in [0.15, 0.2) is 28.7 Å². The van der Waals surface area contributed by atoms with E-state index in [0.29, 0.717) is 29.7 Å². The van der Waals surface area contributed by atoms with Crippen LogP contribution in [-0.2, 0) is 11.3 Å². The molecule has 0 aliphatic heterocycles. The van der Waals surface area contributed by atoms with E-state index >= 15 is 0 Å². The Morgan fingerprint density at radius 1 is 1.36 bits per heavy atom. The third-order valence-corrected chi connectivity index (χ3v) is 4.12. The van der Waals surface area contributed by atoms with Crippen LogP contribution in [0.4, 0.5) is 6.01 Å². The number of nitrogens with zero attached hydrogens (tertiary/aromatic N) is 2. The van der Waals surface area contributed by atoms with Crippen LogP contribution in [0.2, 0.25) is 0 Å². The Morgan fingerprint density at radius 2 is 2.18 bits per heavy atom. The molecule has 3 rings (SSSR count). The number of thiazole rings is 1. The van der Waals surface area contributed by atoms with Crippen molar-refractivity contribution in [2.45, 2.75) is 20.4 Å². The van der Waals surface area contributed by atoms with Crippen molar-refractivity contribution in [1.29, 1.82) is 0 Å². The quantitative estimate of drug-likeness (QED) is 0.727. The molecule has 3 aromatic rings. The smallest absolute Gasteiger partial charge is 0.350 e. The molecular weight excluding hydrogens is 302 g/mol. The molecule has 0 unspecified atom stereocenters. The van der Waals surface area contributed by atoms with Gasteiger partial charge in [0.25, 0.3) is 6.01 Å². The number of oxazole rings is 1. The minimum atomic E-state index is -0.328. The number of rotatable bonds is 5. The maximum Gasteiger partial charge on any atom is 0.350 e. The lowest BCUT2D eigenvalue weighted by Gasteiger charge is -1.98. The monoisotopic (exact) mass is 317 g/mol. The first-order valence-electron chi connectivity index (χ1n) is 6.90. The molecule has 0 aliphatic rings. The van der Waals surface area contributed by atoms with Crippen molar-refractivity contribution in [3.8, 4) is 0 Å². The van der Waals surface area contributed by atoms with Gasteiger partial charge in [0, 0.05) is 0 Å². The SMILES string of the molecule is CCOC(=O)c1sc(CNc2nc3ccccc3o2)nc1C. The number of hydrogen-bond acceptors (Lipinski definition) is 7. The number of hydrogen-bond donors (Lipinski definition) is 1. The van der Waals surface area contributed by atoms with Crippen molar-refractivity contribution in [3.05, 3.63) is 39.8 Å². The lowest BCUT2D eigenvalue weighted by Crippen LogP contribution is -2.03. The minimum Gasteiger partial charge on any atom is -0.462 e. The van der Waals surface area contributed by atoms with E-state index in [1.807, 2.05) is 24.3 Å². The molecule has 0 bridgehead atoms. The summed E-state index contributed by atoms with van der Waals surface area (Å²) < 4.78 is 10.6. The molecule has 0 spiro atoms. The van der Waals surface area contributed by atoms with Gasteiger partial charge in [0.1, 0.15) is 15.4 Å². The molecular formula is C15H15N3O3S. The molecule has 7 heteroatoms. The Hall–Kier alpha value is -2.41. The number of carbonyl (C=O) groups is 1. The number of aryl methyl sites for hydroxylation is 1. The van der Waals surface area contributed by atoms with Crippen molar-refractivity contribution < 1.29 is 13.9 Å². The first kappa shape index (κ1) is 14.5. The van der Waals surface area contributed by atoms with E-state index < -0.39 is 0 Å². The van der Waals surface area contributed by atoms with Gasteiger partial charge in [-0.15, -0.1) is 11.3 Å². The summed E-state index contributed by atoms with van der Waals surface area (Å²) in [6.45, 7) is 4.38. The molecule has 1 aromatic carbocycles. The van der Waals surface area contributed by atoms with Crippen molar-refractivity contribution in [2.75, 3.05) is 11.9 Å². The Morgan fingerprint density at radius 3 is 2.95 bits per heavy atom. The zero-order valence-electron chi connectivity index (χ0n) is 12.3. The lowest BCUT2D eigenvalue weighted by molar-refractivity contribution is 0.0531. The van der Waals surface area contributed by atoms with E-state index in [4.69, 9.17) is 9.15 Å². The van der Waals surface area contributed by atoms with Gasteiger partial charge in [0.2, 0.25) is 0 Å². The molecule has 0 fully saturated rings. The number of anilines is 1. The number of ether oxygens (including phenoxy) is 1. The molecule has 0 saturated carbocycles. The largest absolute Gasteiger partial charge is 0.462 e. The second kappa shape index (κ2) is 6.15. The molecule has 0 radical (unpaired) electrons. The highest BCUT2D eigenvalue weighted by Gasteiger charge is 2.16. The zero-order chi connectivity index (χ0) is 15.5. The number of nitrogens with one attached hydrogen (secondary N) is 1. The highest BCUT2D eigenvalue weighted by atomic mass is 32.1. The first-order chi connectivity index (χ1) is 10.7. The van der Waals surface area contributed by atoms with Gasteiger partial charge in [-0.05, 0) is 26.0 Å². The molecule has 114 valence electrons. The summed E-state index contributed by atoms with van der Waals surface area (Å²) in [5, 5.41) is 3.86. The molecule has 2 aromatic heterocycles. The van der Waals surface area contributed by atoms with Crippen LogP contribution in [-0.4, -0.2) is 22.5 Å². The third kappa shape index (κ3) is 2.94. The maximum absolute atomic E-state index is 11.8. The van der Waals surface area contributed by atoms with E-state index in [-0.39, 0.29) is 5.97 Å². The number of carbonyl (C=O) groups excluding carboxylic acids is 1. The molecule has 22 heavy (non-hydrogen) atoms. The Kier molecular flexibility index (Phi) is 4.06. The number of aromatic nitrogens is 2. The van der Waals surface area contributed by atoms with Gasteiger partial charge >= 0.3 is 5.97 Å². The molecule has 0 aliphatic carbocycles. The molecule has 0 saturated heterocycles. The van der Waals surface area contributed by atoms with Gasteiger partial charge in [-0.1, -0.05) is 12.1 Å².